The van der Waals surface area contributed by atoms with Crippen molar-refractivity contribution in [3.05, 3.63) is 47.2 Å². The summed E-state index contributed by atoms with van der Waals surface area (Å²) >= 11 is 0. The van der Waals surface area contributed by atoms with Crippen LogP contribution in [0.15, 0.2) is 30.5 Å². The molecule has 134 valence electrons. The average Bonchev–Trinajstić information content (AvgIpc) is 2.52. The molecule has 0 fully saturated rings. The number of hydrogen-bond donors (Lipinski definition) is 1. The van der Waals surface area contributed by atoms with Gasteiger partial charge in [0, 0.05) is 24.5 Å². The summed E-state index contributed by atoms with van der Waals surface area (Å²) in [5.74, 6) is 1.31. The Labute approximate surface area is 151 Å². The van der Waals surface area contributed by atoms with Crippen molar-refractivity contribution in [2.75, 3.05) is 11.4 Å². The van der Waals surface area contributed by atoms with Gasteiger partial charge in [-0.15, -0.1) is 0 Å². The quantitative estimate of drug-likeness (QED) is 0.749. The van der Waals surface area contributed by atoms with Gasteiger partial charge >= 0.3 is 0 Å². The number of nitrogens with zero attached hydrogens (tertiary/aromatic N) is 2. The molecule has 2 heterocycles. The highest BCUT2D eigenvalue weighted by Crippen LogP contribution is 2.41. The molecule has 0 radical (unpaired) electrons. The van der Waals surface area contributed by atoms with Crippen LogP contribution in [0.25, 0.3) is 0 Å². The largest absolute Gasteiger partial charge is 0.508 e. The molecule has 1 aliphatic rings. The van der Waals surface area contributed by atoms with E-state index in [9.17, 15) is 5.11 Å². The summed E-state index contributed by atoms with van der Waals surface area (Å²) in [7, 11) is 0. The molecule has 3 rings (SSSR count). The fourth-order valence-electron chi connectivity index (χ4n) is 3.62. The highest BCUT2D eigenvalue weighted by atomic mass is 16.3. The van der Waals surface area contributed by atoms with Crippen molar-refractivity contribution in [1.29, 1.82) is 0 Å². The zero-order valence-corrected chi connectivity index (χ0v) is 16.3. The molecule has 0 atom stereocenters. The molecule has 3 heteroatoms. The van der Waals surface area contributed by atoms with Crippen molar-refractivity contribution in [1.82, 2.24) is 4.98 Å². The number of aromatic hydroxyl groups is 1. The van der Waals surface area contributed by atoms with Crippen molar-refractivity contribution in [3.63, 3.8) is 0 Å². The molecule has 1 aliphatic heterocycles. The van der Waals surface area contributed by atoms with E-state index in [1.807, 2.05) is 18.3 Å². The molecule has 1 N–H and O–H groups in total. The van der Waals surface area contributed by atoms with Crippen LogP contribution < -0.4 is 4.90 Å². The zero-order valence-electron chi connectivity index (χ0n) is 16.3. The van der Waals surface area contributed by atoms with E-state index in [-0.39, 0.29) is 10.8 Å². The minimum Gasteiger partial charge on any atom is -0.508 e. The van der Waals surface area contributed by atoms with Gasteiger partial charge in [-0.3, -0.25) is 0 Å². The second-order valence-corrected chi connectivity index (χ2v) is 9.15. The van der Waals surface area contributed by atoms with Crippen LogP contribution >= 0.6 is 0 Å². The molecule has 2 aromatic rings. The number of aromatic nitrogens is 1. The van der Waals surface area contributed by atoms with Crippen molar-refractivity contribution in [3.8, 4) is 5.75 Å². The van der Waals surface area contributed by atoms with E-state index in [1.54, 1.807) is 0 Å². The first-order chi connectivity index (χ1) is 11.6. The molecule has 1 aromatic heterocycles. The normalized spacial score (nSPS) is 15.2. The minimum absolute atomic E-state index is 0.00647. The molecular weight excluding hydrogens is 308 g/mol. The first-order valence-electron chi connectivity index (χ1n) is 9.18. The Morgan fingerprint density at radius 2 is 1.72 bits per heavy atom. The molecular formula is C22H30N2O. The van der Waals surface area contributed by atoms with Crippen LogP contribution in [-0.2, 0) is 17.3 Å². The Morgan fingerprint density at radius 1 is 1.00 bits per heavy atom. The SMILES string of the molecule is CC(C)(C)c1ccnc(N2CCCc3c2cc(O)cc3C(C)(C)C)c1. The van der Waals surface area contributed by atoms with Gasteiger partial charge in [0.15, 0.2) is 0 Å². The van der Waals surface area contributed by atoms with Gasteiger partial charge in [-0.2, -0.15) is 0 Å². The van der Waals surface area contributed by atoms with Crippen LogP contribution in [0.1, 0.15) is 64.7 Å². The molecule has 25 heavy (non-hydrogen) atoms. The minimum atomic E-state index is 0.00647. The first-order valence-corrected chi connectivity index (χ1v) is 9.18. The number of rotatable bonds is 1. The highest BCUT2D eigenvalue weighted by molar-refractivity contribution is 5.70. The number of anilines is 2. The Balaban J connectivity index is 2.13. The lowest BCUT2D eigenvalue weighted by molar-refractivity contribution is 0.469. The fourth-order valence-corrected chi connectivity index (χ4v) is 3.62. The topological polar surface area (TPSA) is 36.4 Å². The number of pyridine rings is 1. The van der Waals surface area contributed by atoms with Gasteiger partial charge in [-0.1, -0.05) is 41.5 Å². The van der Waals surface area contributed by atoms with Crippen LogP contribution in [0.5, 0.6) is 5.75 Å². The Kier molecular flexibility index (Phi) is 4.30. The van der Waals surface area contributed by atoms with Crippen LogP contribution in [0.3, 0.4) is 0 Å². The third-order valence-corrected chi connectivity index (χ3v) is 5.01. The van der Waals surface area contributed by atoms with E-state index in [2.05, 4.69) is 63.6 Å². The molecule has 0 unspecified atom stereocenters. The summed E-state index contributed by atoms with van der Waals surface area (Å²) < 4.78 is 0. The van der Waals surface area contributed by atoms with Gasteiger partial charge < -0.3 is 10.0 Å². The van der Waals surface area contributed by atoms with E-state index in [1.165, 1.54) is 16.7 Å². The van der Waals surface area contributed by atoms with Gasteiger partial charge in [-0.05, 0) is 58.6 Å². The van der Waals surface area contributed by atoms with Crippen LogP contribution in [0, 0.1) is 0 Å². The second kappa shape index (κ2) is 6.05. The van der Waals surface area contributed by atoms with E-state index in [0.29, 0.717) is 5.75 Å². The van der Waals surface area contributed by atoms with Crippen molar-refractivity contribution < 1.29 is 5.11 Å². The predicted molar refractivity (Wildman–Crippen MR) is 105 cm³/mol. The lowest BCUT2D eigenvalue weighted by atomic mass is 9.80. The molecule has 1 aromatic carbocycles. The fraction of sp³-hybridized carbons (Fsp3) is 0.500. The van der Waals surface area contributed by atoms with Gasteiger partial charge in [0.2, 0.25) is 0 Å². The molecule has 0 amide bonds. The average molecular weight is 338 g/mol. The lowest BCUT2D eigenvalue weighted by Crippen LogP contribution is -2.28. The van der Waals surface area contributed by atoms with Crippen molar-refractivity contribution in [2.45, 2.75) is 65.2 Å². The van der Waals surface area contributed by atoms with E-state index in [4.69, 9.17) is 0 Å². The lowest BCUT2D eigenvalue weighted by Gasteiger charge is -2.35. The van der Waals surface area contributed by atoms with Crippen molar-refractivity contribution >= 4 is 11.5 Å². The van der Waals surface area contributed by atoms with E-state index in [0.717, 1.165) is 30.9 Å². The number of hydrogen-bond acceptors (Lipinski definition) is 3. The monoisotopic (exact) mass is 338 g/mol. The maximum absolute atomic E-state index is 10.3. The maximum Gasteiger partial charge on any atom is 0.133 e. The number of phenols is 1. The molecule has 0 spiro atoms. The van der Waals surface area contributed by atoms with Gasteiger partial charge in [0.25, 0.3) is 0 Å². The van der Waals surface area contributed by atoms with Crippen LogP contribution in [0.4, 0.5) is 11.5 Å². The molecule has 0 saturated carbocycles. The summed E-state index contributed by atoms with van der Waals surface area (Å²) in [6, 6.07) is 8.11. The zero-order chi connectivity index (χ0) is 18.4. The third kappa shape index (κ3) is 3.51. The Hall–Kier alpha value is -2.03. The second-order valence-electron chi connectivity index (χ2n) is 9.15. The molecule has 0 aliphatic carbocycles. The molecule has 3 nitrogen and oxygen atoms in total. The summed E-state index contributed by atoms with van der Waals surface area (Å²) in [5, 5.41) is 10.3. The first kappa shape index (κ1) is 17.8. The standard InChI is InChI=1S/C22H30N2O/c1-21(2,3)15-9-10-23-20(12-15)24-11-7-8-17-18(22(4,5)6)13-16(25)14-19(17)24/h9-10,12-14,25H,7-8,11H2,1-6H3. The van der Waals surface area contributed by atoms with Crippen LogP contribution in [0.2, 0.25) is 0 Å². The Bertz CT molecular complexity index is 782. The third-order valence-electron chi connectivity index (χ3n) is 5.01. The van der Waals surface area contributed by atoms with E-state index >= 15 is 0 Å². The summed E-state index contributed by atoms with van der Waals surface area (Å²) in [6.07, 6.45) is 4.05. The molecule has 0 bridgehead atoms. The summed E-state index contributed by atoms with van der Waals surface area (Å²) in [6.45, 7) is 14.2. The van der Waals surface area contributed by atoms with Crippen molar-refractivity contribution in [2.24, 2.45) is 0 Å². The number of benzene rings is 1. The van der Waals surface area contributed by atoms with E-state index < -0.39 is 0 Å². The predicted octanol–water partition coefficient (Wildman–Crippen LogP) is 5.47. The maximum atomic E-state index is 10.3. The smallest absolute Gasteiger partial charge is 0.133 e. The highest BCUT2D eigenvalue weighted by Gasteiger charge is 2.28. The van der Waals surface area contributed by atoms with Gasteiger partial charge in [-0.25, -0.2) is 4.98 Å². The summed E-state index contributed by atoms with van der Waals surface area (Å²) in [4.78, 5) is 6.91. The number of phenolic OH excluding ortho intramolecular Hbond substituents is 1. The number of fused-ring (bicyclic) bond motifs is 1. The molecule has 0 saturated heterocycles. The Morgan fingerprint density at radius 3 is 2.36 bits per heavy atom. The van der Waals surface area contributed by atoms with Crippen LogP contribution in [-0.4, -0.2) is 16.6 Å². The van der Waals surface area contributed by atoms with Gasteiger partial charge in [0.05, 0.1) is 0 Å². The van der Waals surface area contributed by atoms with Gasteiger partial charge in [0.1, 0.15) is 11.6 Å². The summed E-state index contributed by atoms with van der Waals surface area (Å²) in [5.41, 5.74) is 5.06.